The molecule has 0 fully saturated rings. The van der Waals surface area contributed by atoms with Crippen LogP contribution < -0.4 is 5.32 Å². The summed E-state index contributed by atoms with van der Waals surface area (Å²) in [4.78, 5) is 0. The second kappa shape index (κ2) is 3.35. The summed E-state index contributed by atoms with van der Waals surface area (Å²) >= 11 is 0. The van der Waals surface area contributed by atoms with Gasteiger partial charge < -0.3 is 9.73 Å². The molecule has 1 heterocycles. The smallest absolute Gasteiger partial charge is 0.193 e. The van der Waals surface area contributed by atoms with Gasteiger partial charge in [-0.25, -0.2) is 0 Å². The Labute approximate surface area is 77.2 Å². The maximum absolute atomic E-state index is 5.51. The minimum atomic E-state index is 0.791. The quantitative estimate of drug-likeness (QED) is 0.755. The highest BCUT2D eigenvalue weighted by Gasteiger charge is 2.01. The van der Waals surface area contributed by atoms with Gasteiger partial charge in [0.05, 0.1) is 0 Å². The van der Waals surface area contributed by atoms with E-state index in [0.717, 1.165) is 17.2 Å². The molecule has 0 unspecified atom stereocenters. The topological polar surface area (TPSA) is 25.2 Å². The molecular formula is C11H11NO. The van der Waals surface area contributed by atoms with E-state index < -0.39 is 0 Å². The van der Waals surface area contributed by atoms with Crippen LogP contribution in [0, 0.1) is 0 Å². The molecule has 2 nitrogen and oxygen atoms in total. The van der Waals surface area contributed by atoms with Crippen molar-refractivity contribution < 1.29 is 4.42 Å². The average molecular weight is 173 g/mol. The van der Waals surface area contributed by atoms with Crippen LogP contribution >= 0.6 is 0 Å². The Bertz CT molecular complexity index is 378. The minimum Gasteiger partial charge on any atom is -0.441 e. The van der Waals surface area contributed by atoms with E-state index in [1.54, 1.807) is 0 Å². The molecule has 0 aliphatic carbocycles. The van der Waals surface area contributed by atoms with Gasteiger partial charge in [-0.05, 0) is 6.07 Å². The van der Waals surface area contributed by atoms with Crippen molar-refractivity contribution in [2.24, 2.45) is 0 Å². The number of rotatable bonds is 2. The molecule has 2 rings (SSSR count). The summed E-state index contributed by atoms with van der Waals surface area (Å²) in [6.45, 7) is 0. The first-order valence-corrected chi connectivity index (χ1v) is 4.23. The summed E-state index contributed by atoms with van der Waals surface area (Å²) < 4.78 is 5.51. The third-order valence-electron chi connectivity index (χ3n) is 1.91. The maximum atomic E-state index is 5.51. The van der Waals surface area contributed by atoms with Crippen LogP contribution in [0.5, 0.6) is 0 Å². The number of anilines is 1. The zero-order chi connectivity index (χ0) is 9.10. The van der Waals surface area contributed by atoms with E-state index in [2.05, 4.69) is 5.32 Å². The lowest BCUT2D eigenvalue weighted by atomic mass is 10.2. The van der Waals surface area contributed by atoms with Crippen LogP contribution in [0.25, 0.3) is 11.3 Å². The first-order chi connectivity index (χ1) is 6.40. The first kappa shape index (κ1) is 7.92. The molecular weight excluding hydrogens is 162 g/mol. The fourth-order valence-electron chi connectivity index (χ4n) is 1.23. The predicted octanol–water partition coefficient (Wildman–Crippen LogP) is 2.99. The van der Waals surface area contributed by atoms with Crippen molar-refractivity contribution >= 4 is 5.88 Å². The van der Waals surface area contributed by atoms with Crippen LogP contribution in [0.4, 0.5) is 5.88 Å². The van der Waals surface area contributed by atoms with E-state index in [-0.39, 0.29) is 0 Å². The summed E-state index contributed by atoms with van der Waals surface area (Å²) in [6, 6.07) is 13.9. The van der Waals surface area contributed by atoms with Gasteiger partial charge in [-0.2, -0.15) is 0 Å². The van der Waals surface area contributed by atoms with Crippen LogP contribution in [-0.2, 0) is 0 Å². The molecule has 0 bridgehead atoms. The van der Waals surface area contributed by atoms with Crippen molar-refractivity contribution in [2.75, 3.05) is 12.4 Å². The SMILES string of the molecule is CNc1ccc(-c2ccccc2)o1. The molecule has 1 aromatic carbocycles. The largest absolute Gasteiger partial charge is 0.441 e. The van der Waals surface area contributed by atoms with Gasteiger partial charge >= 0.3 is 0 Å². The highest BCUT2D eigenvalue weighted by molar-refractivity contribution is 5.59. The number of hydrogen-bond donors (Lipinski definition) is 1. The Balaban J connectivity index is 2.36. The Kier molecular flexibility index (Phi) is 2.04. The summed E-state index contributed by atoms with van der Waals surface area (Å²) in [6.07, 6.45) is 0. The Morgan fingerprint density at radius 2 is 1.77 bits per heavy atom. The Hall–Kier alpha value is -1.70. The van der Waals surface area contributed by atoms with Crippen molar-refractivity contribution in [3.63, 3.8) is 0 Å². The molecule has 1 aromatic heterocycles. The zero-order valence-corrected chi connectivity index (χ0v) is 7.45. The summed E-state index contributed by atoms with van der Waals surface area (Å²) in [5.74, 6) is 1.68. The molecule has 0 saturated carbocycles. The van der Waals surface area contributed by atoms with Gasteiger partial charge in [0.2, 0.25) is 0 Å². The van der Waals surface area contributed by atoms with E-state index in [0.29, 0.717) is 0 Å². The summed E-state index contributed by atoms with van der Waals surface area (Å²) in [5, 5.41) is 2.95. The minimum absolute atomic E-state index is 0.791. The van der Waals surface area contributed by atoms with Gasteiger partial charge in [0.25, 0.3) is 0 Å². The lowest BCUT2D eigenvalue weighted by Gasteiger charge is -1.95. The van der Waals surface area contributed by atoms with E-state index in [1.165, 1.54) is 0 Å². The van der Waals surface area contributed by atoms with E-state index >= 15 is 0 Å². The molecule has 2 aromatic rings. The number of benzene rings is 1. The molecule has 0 spiro atoms. The predicted molar refractivity (Wildman–Crippen MR) is 53.7 cm³/mol. The van der Waals surface area contributed by atoms with E-state index in [9.17, 15) is 0 Å². The summed E-state index contributed by atoms with van der Waals surface area (Å²) in [7, 11) is 1.84. The standard InChI is InChI=1S/C11H11NO/c1-12-11-8-7-10(13-11)9-5-3-2-4-6-9/h2-8,12H,1H3. The number of nitrogens with one attached hydrogen (secondary N) is 1. The molecule has 2 heteroatoms. The molecule has 0 atom stereocenters. The van der Waals surface area contributed by atoms with Gasteiger partial charge in [-0.15, -0.1) is 0 Å². The first-order valence-electron chi connectivity index (χ1n) is 4.23. The van der Waals surface area contributed by atoms with Crippen molar-refractivity contribution in [3.05, 3.63) is 42.5 Å². The van der Waals surface area contributed by atoms with Crippen molar-refractivity contribution in [3.8, 4) is 11.3 Å². The highest BCUT2D eigenvalue weighted by atomic mass is 16.4. The van der Waals surface area contributed by atoms with E-state index in [1.807, 2.05) is 49.5 Å². The maximum Gasteiger partial charge on any atom is 0.193 e. The van der Waals surface area contributed by atoms with E-state index in [4.69, 9.17) is 4.42 Å². The molecule has 0 saturated heterocycles. The van der Waals surface area contributed by atoms with Crippen LogP contribution in [0.1, 0.15) is 0 Å². The molecule has 1 N–H and O–H groups in total. The molecule has 0 amide bonds. The number of hydrogen-bond acceptors (Lipinski definition) is 2. The molecule has 0 aliphatic rings. The van der Waals surface area contributed by atoms with Crippen LogP contribution in [0.15, 0.2) is 46.9 Å². The highest BCUT2D eigenvalue weighted by Crippen LogP contribution is 2.23. The lowest BCUT2D eigenvalue weighted by Crippen LogP contribution is -1.82. The Morgan fingerprint density at radius 1 is 1.00 bits per heavy atom. The van der Waals surface area contributed by atoms with Crippen molar-refractivity contribution in [1.82, 2.24) is 0 Å². The normalized spacial score (nSPS) is 9.92. The number of furan rings is 1. The van der Waals surface area contributed by atoms with Gasteiger partial charge in [-0.1, -0.05) is 30.3 Å². The fourth-order valence-corrected chi connectivity index (χ4v) is 1.23. The second-order valence-electron chi connectivity index (χ2n) is 2.78. The van der Waals surface area contributed by atoms with Gasteiger partial charge in [0.1, 0.15) is 5.76 Å². The molecule has 13 heavy (non-hydrogen) atoms. The molecule has 0 radical (unpaired) electrons. The molecule has 66 valence electrons. The summed E-state index contributed by atoms with van der Waals surface area (Å²) in [5.41, 5.74) is 1.10. The van der Waals surface area contributed by atoms with Gasteiger partial charge in [-0.3, -0.25) is 0 Å². The van der Waals surface area contributed by atoms with Crippen LogP contribution in [0.2, 0.25) is 0 Å². The lowest BCUT2D eigenvalue weighted by molar-refractivity contribution is 0.598. The van der Waals surface area contributed by atoms with Crippen molar-refractivity contribution in [2.45, 2.75) is 0 Å². The second-order valence-corrected chi connectivity index (χ2v) is 2.78. The monoisotopic (exact) mass is 173 g/mol. The van der Waals surface area contributed by atoms with Crippen LogP contribution in [-0.4, -0.2) is 7.05 Å². The third kappa shape index (κ3) is 1.56. The van der Waals surface area contributed by atoms with Crippen LogP contribution in [0.3, 0.4) is 0 Å². The van der Waals surface area contributed by atoms with Gasteiger partial charge in [0, 0.05) is 18.7 Å². The third-order valence-corrected chi connectivity index (χ3v) is 1.91. The fraction of sp³-hybridized carbons (Fsp3) is 0.0909. The zero-order valence-electron chi connectivity index (χ0n) is 7.45. The Morgan fingerprint density at radius 3 is 2.38 bits per heavy atom. The van der Waals surface area contributed by atoms with Gasteiger partial charge in [0.15, 0.2) is 5.88 Å². The van der Waals surface area contributed by atoms with Crippen molar-refractivity contribution in [1.29, 1.82) is 0 Å². The average Bonchev–Trinajstić information content (AvgIpc) is 2.67. The molecule has 0 aliphatic heterocycles.